The summed E-state index contributed by atoms with van der Waals surface area (Å²) in [6.07, 6.45) is 0. The number of hydrogen-bond acceptors (Lipinski definition) is 5. The number of hydrogen-bond donors (Lipinski definition) is 4. The van der Waals surface area contributed by atoms with E-state index in [0.717, 1.165) is 0 Å². The number of carbonyl (C=O) groups excluding carboxylic acids is 2. The topological polar surface area (TPSA) is 123 Å². The van der Waals surface area contributed by atoms with Crippen molar-refractivity contribution in [2.75, 3.05) is 11.1 Å². The normalized spacial score (nSPS) is 12.0. The van der Waals surface area contributed by atoms with E-state index in [1.165, 1.54) is 12.1 Å². The summed E-state index contributed by atoms with van der Waals surface area (Å²) in [5.74, 6) is -0.564. The molecule has 0 aromatic carbocycles. The molecular formula is C12H19N5O2. The molecular weight excluding hydrogens is 246 g/mol. The Morgan fingerprint density at radius 2 is 1.89 bits per heavy atom. The molecule has 0 aliphatic rings. The van der Waals surface area contributed by atoms with Crippen molar-refractivity contribution >= 4 is 23.3 Å². The average molecular weight is 265 g/mol. The molecule has 0 saturated carbocycles. The van der Waals surface area contributed by atoms with Crippen LogP contribution in [0.25, 0.3) is 0 Å². The SMILES string of the molecule is CC(C)NC(=O)C(C)Nc1nc(C(N)=O)ccc1N. The summed E-state index contributed by atoms with van der Waals surface area (Å²) in [6.45, 7) is 5.41. The van der Waals surface area contributed by atoms with Gasteiger partial charge in [-0.1, -0.05) is 0 Å². The highest BCUT2D eigenvalue weighted by molar-refractivity contribution is 5.92. The zero-order valence-electron chi connectivity index (χ0n) is 11.2. The molecule has 1 atom stereocenters. The van der Waals surface area contributed by atoms with Gasteiger partial charge in [-0.05, 0) is 32.9 Å². The van der Waals surface area contributed by atoms with E-state index in [4.69, 9.17) is 11.5 Å². The third-order valence-electron chi connectivity index (χ3n) is 2.36. The highest BCUT2D eigenvalue weighted by Crippen LogP contribution is 2.16. The third kappa shape index (κ3) is 4.13. The lowest BCUT2D eigenvalue weighted by Crippen LogP contribution is -2.41. The number of nitrogens with zero attached hydrogens (tertiary/aromatic N) is 1. The van der Waals surface area contributed by atoms with Gasteiger partial charge in [-0.25, -0.2) is 4.98 Å². The van der Waals surface area contributed by atoms with Crippen molar-refractivity contribution in [2.45, 2.75) is 32.9 Å². The first kappa shape index (κ1) is 14.7. The number of primary amides is 1. The molecule has 7 heteroatoms. The minimum absolute atomic E-state index is 0.0408. The first-order valence-electron chi connectivity index (χ1n) is 5.94. The minimum Gasteiger partial charge on any atom is -0.396 e. The summed E-state index contributed by atoms with van der Waals surface area (Å²) in [5.41, 5.74) is 11.3. The molecule has 7 nitrogen and oxygen atoms in total. The van der Waals surface area contributed by atoms with Gasteiger partial charge in [0.15, 0.2) is 5.82 Å². The second-order valence-corrected chi connectivity index (χ2v) is 4.53. The van der Waals surface area contributed by atoms with Crippen LogP contribution in [0.5, 0.6) is 0 Å². The Kier molecular flexibility index (Phi) is 4.68. The highest BCUT2D eigenvalue weighted by atomic mass is 16.2. The molecule has 0 spiro atoms. The summed E-state index contributed by atoms with van der Waals surface area (Å²) >= 11 is 0. The second kappa shape index (κ2) is 6.03. The minimum atomic E-state index is -0.651. The molecule has 0 bridgehead atoms. The Bertz CT molecular complexity index is 487. The molecule has 0 aliphatic carbocycles. The van der Waals surface area contributed by atoms with Gasteiger partial charge in [-0.3, -0.25) is 9.59 Å². The van der Waals surface area contributed by atoms with Crippen molar-refractivity contribution in [1.29, 1.82) is 0 Å². The fraction of sp³-hybridized carbons (Fsp3) is 0.417. The van der Waals surface area contributed by atoms with Crippen LogP contribution in [0, 0.1) is 0 Å². The van der Waals surface area contributed by atoms with Crippen LogP contribution < -0.4 is 22.1 Å². The van der Waals surface area contributed by atoms with Gasteiger partial charge in [0, 0.05) is 6.04 Å². The van der Waals surface area contributed by atoms with E-state index in [-0.39, 0.29) is 23.5 Å². The van der Waals surface area contributed by atoms with Crippen LogP contribution in [0.3, 0.4) is 0 Å². The number of amides is 2. The second-order valence-electron chi connectivity index (χ2n) is 4.53. The van der Waals surface area contributed by atoms with Crippen LogP contribution in [0.4, 0.5) is 11.5 Å². The van der Waals surface area contributed by atoms with E-state index < -0.39 is 11.9 Å². The number of carbonyl (C=O) groups is 2. The quantitative estimate of drug-likeness (QED) is 0.600. The van der Waals surface area contributed by atoms with Crippen molar-refractivity contribution < 1.29 is 9.59 Å². The lowest BCUT2D eigenvalue weighted by Gasteiger charge is -2.17. The first-order chi connectivity index (χ1) is 8.81. The zero-order chi connectivity index (χ0) is 14.6. The van der Waals surface area contributed by atoms with E-state index in [1.807, 2.05) is 13.8 Å². The Morgan fingerprint density at radius 3 is 2.42 bits per heavy atom. The lowest BCUT2D eigenvalue weighted by atomic mass is 10.2. The van der Waals surface area contributed by atoms with Crippen molar-refractivity contribution in [3.63, 3.8) is 0 Å². The fourth-order valence-electron chi connectivity index (χ4n) is 1.40. The van der Waals surface area contributed by atoms with E-state index in [9.17, 15) is 9.59 Å². The van der Waals surface area contributed by atoms with Gasteiger partial charge in [-0.2, -0.15) is 0 Å². The number of nitrogens with two attached hydrogens (primary N) is 2. The number of nitrogen functional groups attached to an aromatic ring is 1. The van der Waals surface area contributed by atoms with Gasteiger partial charge >= 0.3 is 0 Å². The Labute approximate surface area is 111 Å². The number of nitrogens with one attached hydrogen (secondary N) is 2. The molecule has 6 N–H and O–H groups in total. The van der Waals surface area contributed by atoms with E-state index in [2.05, 4.69) is 15.6 Å². The van der Waals surface area contributed by atoms with Gasteiger partial charge < -0.3 is 22.1 Å². The first-order valence-corrected chi connectivity index (χ1v) is 5.94. The van der Waals surface area contributed by atoms with Crippen LogP contribution in [0.1, 0.15) is 31.3 Å². The maximum Gasteiger partial charge on any atom is 0.267 e. The molecule has 1 unspecified atom stereocenters. The molecule has 0 fully saturated rings. The summed E-state index contributed by atoms with van der Waals surface area (Å²) in [4.78, 5) is 26.8. The third-order valence-corrected chi connectivity index (χ3v) is 2.36. The standard InChI is InChI=1S/C12H19N5O2/c1-6(2)15-12(19)7(3)16-11-8(13)4-5-9(17-11)10(14)18/h4-7H,13H2,1-3H3,(H2,14,18)(H,15,19)(H,16,17). The van der Waals surface area contributed by atoms with Crippen molar-refractivity contribution in [2.24, 2.45) is 5.73 Å². The average Bonchev–Trinajstić information content (AvgIpc) is 2.30. The van der Waals surface area contributed by atoms with Crippen LogP contribution >= 0.6 is 0 Å². The fourth-order valence-corrected chi connectivity index (χ4v) is 1.40. The molecule has 1 aromatic rings. The number of anilines is 2. The molecule has 1 rings (SSSR count). The molecule has 0 radical (unpaired) electrons. The zero-order valence-corrected chi connectivity index (χ0v) is 11.2. The highest BCUT2D eigenvalue weighted by Gasteiger charge is 2.16. The number of rotatable bonds is 5. The Morgan fingerprint density at radius 1 is 1.26 bits per heavy atom. The van der Waals surface area contributed by atoms with Crippen LogP contribution in [0.15, 0.2) is 12.1 Å². The van der Waals surface area contributed by atoms with Crippen LogP contribution in [-0.2, 0) is 4.79 Å². The summed E-state index contributed by atoms with van der Waals surface area (Å²) in [5, 5.41) is 5.61. The van der Waals surface area contributed by atoms with Crippen molar-refractivity contribution in [1.82, 2.24) is 10.3 Å². The van der Waals surface area contributed by atoms with E-state index in [0.29, 0.717) is 5.69 Å². The van der Waals surface area contributed by atoms with Gasteiger partial charge in [0.2, 0.25) is 5.91 Å². The van der Waals surface area contributed by atoms with Crippen molar-refractivity contribution in [3.8, 4) is 0 Å². The molecule has 1 heterocycles. The predicted molar refractivity (Wildman–Crippen MR) is 73.5 cm³/mol. The molecule has 2 amide bonds. The maximum atomic E-state index is 11.8. The smallest absolute Gasteiger partial charge is 0.267 e. The van der Waals surface area contributed by atoms with Crippen LogP contribution in [0.2, 0.25) is 0 Å². The van der Waals surface area contributed by atoms with Gasteiger partial charge in [0.05, 0.1) is 5.69 Å². The monoisotopic (exact) mass is 265 g/mol. The predicted octanol–water partition coefficient (Wildman–Crippen LogP) is 0.0877. The Hall–Kier alpha value is -2.31. The number of aromatic nitrogens is 1. The number of pyridine rings is 1. The largest absolute Gasteiger partial charge is 0.396 e. The maximum absolute atomic E-state index is 11.8. The van der Waals surface area contributed by atoms with Crippen LogP contribution in [-0.4, -0.2) is 28.9 Å². The van der Waals surface area contributed by atoms with Crippen molar-refractivity contribution in [3.05, 3.63) is 17.8 Å². The molecule has 0 saturated heterocycles. The van der Waals surface area contributed by atoms with E-state index in [1.54, 1.807) is 6.92 Å². The van der Waals surface area contributed by atoms with E-state index >= 15 is 0 Å². The Balaban J connectivity index is 2.84. The van der Waals surface area contributed by atoms with Gasteiger partial charge in [-0.15, -0.1) is 0 Å². The molecule has 1 aromatic heterocycles. The summed E-state index contributed by atoms with van der Waals surface area (Å²) < 4.78 is 0. The van der Waals surface area contributed by atoms with Gasteiger partial charge in [0.1, 0.15) is 11.7 Å². The summed E-state index contributed by atoms with van der Waals surface area (Å²) in [7, 11) is 0. The summed E-state index contributed by atoms with van der Waals surface area (Å²) in [6, 6.07) is 2.46. The lowest BCUT2D eigenvalue weighted by molar-refractivity contribution is -0.122. The molecule has 19 heavy (non-hydrogen) atoms. The molecule has 104 valence electrons. The van der Waals surface area contributed by atoms with Gasteiger partial charge in [0.25, 0.3) is 5.91 Å². The molecule has 0 aliphatic heterocycles.